The molecule has 0 fully saturated rings. The molecular formula is C22H26N4S+2. The standard InChI is InChI=1S/C22H26N4S/c1-24-15-5-4-7-20(24)11-8-19-9-12-21(13-10-19)25(2)17-18-27-22-23-14-6-16-26(22)3/h4-16H,17-18H2,1-3H3/q+2. The summed E-state index contributed by atoms with van der Waals surface area (Å²) in [7, 11) is 6.22. The molecule has 0 aliphatic rings. The molecule has 0 aliphatic carbocycles. The number of anilines is 1. The van der Waals surface area contributed by atoms with E-state index < -0.39 is 0 Å². The van der Waals surface area contributed by atoms with E-state index in [4.69, 9.17) is 0 Å². The lowest BCUT2D eigenvalue weighted by Gasteiger charge is -2.18. The zero-order chi connectivity index (χ0) is 19.1. The SMILES string of the molecule is CN(CCSc1nccc[n+]1C)c1ccc(/C=C/c2cccc[n+]2C)cc1. The molecule has 0 radical (unpaired) electrons. The lowest BCUT2D eigenvalue weighted by molar-refractivity contribution is -0.713. The number of thioether (sulfide) groups is 1. The molecule has 0 unspecified atom stereocenters. The van der Waals surface area contributed by atoms with E-state index in [0.29, 0.717) is 0 Å². The number of rotatable bonds is 7. The van der Waals surface area contributed by atoms with Crippen LogP contribution in [0.5, 0.6) is 0 Å². The molecule has 0 saturated heterocycles. The minimum Gasteiger partial charge on any atom is -0.374 e. The van der Waals surface area contributed by atoms with Gasteiger partial charge in [-0.05, 0) is 46.6 Å². The number of aromatic nitrogens is 3. The van der Waals surface area contributed by atoms with E-state index in [1.165, 1.54) is 16.9 Å². The van der Waals surface area contributed by atoms with Crippen LogP contribution in [0.4, 0.5) is 5.69 Å². The highest BCUT2D eigenvalue weighted by Crippen LogP contribution is 2.17. The van der Waals surface area contributed by atoms with Crippen molar-refractivity contribution in [2.24, 2.45) is 14.1 Å². The molecule has 0 spiro atoms. The Morgan fingerprint density at radius 2 is 1.74 bits per heavy atom. The third kappa shape index (κ3) is 5.41. The largest absolute Gasteiger partial charge is 0.374 e. The summed E-state index contributed by atoms with van der Waals surface area (Å²) >= 11 is 1.78. The van der Waals surface area contributed by atoms with Crippen molar-refractivity contribution in [2.75, 3.05) is 24.2 Å². The van der Waals surface area contributed by atoms with E-state index in [1.807, 2.05) is 31.6 Å². The van der Waals surface area contributed by atoms with Crippen molar-refractivity contribution in [2.45, 2.75) is 5.16 Å². The zero-order valence-corrected chi connectivity index (χ0v) is 16.9. The first-order chi connectivity index (χ1) is 13.1. The predicted molar refractivity (Wildman–Crippen MR) is 112 cm³/mol. The van der Waals surface area contributed by atoms with Crippen LogP contribution in [-0.2, 0) is 14.1 Å². The third-order valence-corrected chi connectivity index (χ3v) is 5.45. The predicted octanol–water partition coefficient (Wildman–Crippen LogP) is 3.13. The summed E-state index contributed by atoms with van der Waals surface area (Å²) in [5.41, 5.74) is 3.60. The summed E-state index contributed by atoms with van der Waals surface area (Å²) in [6, 6.07) is 16.8. The van der Waals surface area contributed by atoms with E-state index in [-0.39, 0.29) is 0 Å². The first-order valence-corrected chi connectivity index (χ1v) is 9.99. The van der Waals surface area contributed by atoms with Crippen LogP contribution in [-0.4, -0.2) is 24.3 Å². The minimum atomic E-state index is 0.969. The fourth-order valence-corrected chi connectivity index (χ4v) is 3.65. The highest BCUT2D eigenvalue weighted by molar-refractivity contribution is 7.99. The maximum Gasteiger partial charge on any atom is 0.358 e. The Hall–Kier alpha value is -2.66. The molecule has 0 atom stereocenters. The lowest BCUT2D eigenvalue weighted by atomic mass is 10.1. The topological polar surface area (TPSA) is 23.9 Å². The minimum absolute atomic E-state index is 0.969. The average molecular weight is 379 g/mol. The van der Waals surface area contributed by atoms with Crippen LogP contribution in [0, 0.1) is 0 Å². The van der Waals surface area contributed by atoms with Crippen molar-refractivity contribution in [3.8, 4) is 0 Å². The molecule has 2 heterocycles. The number of benzene rings is 1. The molecule has 3 rings (SSSR count). The Kier molecular flexibility index (Phi) is 6.60. The van der Waals surface area contributed by atoms with E-state index >= 15 is 0 Å². The smallest absolute Gasteiger partial charge is 0.358 e. The van der Waals surface area contributed by atoms with Crippen molar-refractivity contribution >= 4 is 29.6 Å². The molecule has 0 N–H and O–H groups in total. The molecule has 27 heavy (non-hydrogen) atoms. The summed E-state index contributed by atoms with van der Waals surface area (Å²) in [5, 5.41) is 1.04. The van der Waals surface area contributed by atoms with E-state index in [1.54, 1.807) is 11.8 Å². The molecular weight excluding hydrogens is 352 g/mol. The van der Waals surface area contributed by atoms with Gasteiger partial charge in [-0.1, -0.05) is 12.1 Å². The van der Waals surface area contributed by atoms with Crippen molar-refractivity contribution < 1.29 is 9.13 Å². The van der Waals surface area contributed by atoms with Crippen molar-refractivity contribution in [3.63, 3.8) is 0 Å². The van der Waals surface area contributed by atoms with Crippen LogP contribution in [0.1, 0.15) is 11.3 Å². The Morgan fingerprint density at radius 3 is 2.48 bits per heavy atom. The molecule has 2 aromatic heterocycles. The molecule has 3 aromatic rings. The van der Waals surface area contributed by atoms with Crippen molar-refractivity contribution in [1.82, 2.24) is 4.98 Å². The molecule has 4 nitrogen and oxygen atoms in total. The number of aryl methyl sites for hydroxylation is 2. The number of pyridine rings is 1. The summed E-state index contributed by atoms with van der Waals surface area (Å²) in [4.78, 5) is 6.69. The van der Waals surface area contributed by atoms with Crippen LogP contribution in [0.25, 0.3) is 12.2 Å². The highest BCUT2D eigenvalue weighted by atomic mass is 32.2. The first-order valence-electron chi connectivity index (χ1n) is 9.01. The Bertz CT molecular complexity index is 906. The molecule has 0 amide bonds. The Labute approximate surface area is 165 Å². The van der Waals surface area contributed by atoms with E-state index in [0.717, 1.165) is 17.5 Å². The monoisotopic (exact) mass is 378 g/mol. The Morgan fingerprint density at radius 1 is 0.963 bits per heavy atom. The van der Waals surface area contributed by atoms with Gasteiger partial charge in [0.05, 0.1) is 13.2 Å². The van der Waals surface area contributed by atoms with Crippen molar-refractivity contribution in [3.05, 3.63) is 78.4 Å². The second-order valence-corrected chi connectivity index (χ2v) is 7.51. The van der Waals surface area contributed by atoms with Gasteiger partial charge in [-0.25, -0.2) is 9.13 Å². The van der Waals surface area contributed by atoms with Gasteiger partial charge in [0.25, 0.3) is 0 Å². The van der Waals surface area contributed by atoms with Crippen LogP contribution >= 0.6 is 11.8 Å². The van der Waals surface area contributed by atoms with Gasteiger partial charge in [-0.2, -0.15) is 0 Å². The highest BCUT2D eigenvalue weighted by Gasteiger charge is 2.09. The van der Waals surface area contributed by atoms with Gasteiger partial charge in [0.2, 0.25) is 5.69 Å². The maximum absolute atomic E-state index is 4.41. The third-order valence-electron chi connectivity index (χ3n) is 4.42. The summed E-state index contributed by atoms with van der Waals surface area (Å²) in [6.07, 6.45) is 10.2. The lowest BCUT2D eigenvalue weighted by Crippen LogP contribution is -2.31. The van der Waals surface area contributed by atoms with Gasteiger partial charge in [0, 0.05) is 49.3 Å². The molecule has 0 aliphatic heterocycles. The average Bonchev–Trinajstić information content (AvgIpc) is 2.69. The summed E-state index contributed by atoms with van der Waals surface area (Å²) in [5.74, 6) is 0.994. The maximum atomic E-state index is 4.41. The van der Waals surface area contributed by atoms with Gasteiger partial charge in [-0.3, -0.25) is 0 Å². The second-order valence-electron chi connectivity index (χ2n) is 6.44. The van der Waals surface area contributed by atoms with Crippen LogP contribution < -0.4 is 14.0 Å². The first kappa shape index (κ1) is 19.1. The molecule has 1 aromatic carbocycles. The fraction of sp³-hybridized carbons (Fsp3) is 0.227. The van der Waals surface area contributed by atoms with Crippen molar-refractivity contribution in [1.29, 1.82) is 0 Å². The van der Waals surface area contributed by atoms with Crippen LogP contribution in [0.2, 0.25) is 0 Å². The van der Waals surface area contributed by atoms with Crippen LogP contribution in [0.15, 0.2) is 72.3 Å². The van der Waals surface area contributed by atoms with Gasteiger partial charge in [0.15, 0.2) is 6.20 Å². The van der Waals surface area contributed by atoms with Gasteiger partial charge in [0.1, 0.15) is 13.2 Å². The number of hydrogen-bond donors (Lipinski definition) is 0. The summed E-state index contributed by atoms with van der Waals surface area (Å²) in [6.45, 7) is 0.969. The van der Waals surface area contributed by atoms with E-state index in [9.17, 15) is 0 Å². The number of hydrogen-bond acceptors (Lipinski definition) is 3. The molecule has 138 valence electrons. The Balaban J connectivity index is 1.55. The quantitative estimate of drug-likeness (QED) is 0.359. The van der Waals surface area contributed by atoms with Gasteiger partial charge in [-0.15, -0.1) is 0 Å². The van der Waals surface area contributed by atoms with Crippen LogP contribution in [0.3, 0.4) is 0 Å². The van der Waals surface area contributed by atoms with E-state index in [2.05, 4.69) is 87.9 Å². The molecule has 5 heteroatoms. The van der Waals surface area contributed by atoms with Gasteiger partial charge >= 0.3 is 5.16 Å². The van der Waals surface area contributed by atoms with Gasteiger partial charge < -0.3 is 4.90 Å². The molecule has 0 saturated carbocycles. The zero-order valence-electron chi connectivity index (χ0n) is 16.1. The summed E-state index contributed by atoms with van der Waals surface area (Å²) < 4.78 is 4.16. The molecule has 0 bridgehead atoms. The fourth-order valence-electron chi connectivity index (χ4n) is 2.70. The number of nitrogens with zero attached hydrogens (tertiary/aromatic N) is 4. The normalized spacial score (nSPS) is 11.1. The second kappa shape index (κ2) is 9.33.